The first-order valence-electron chi connectivity index (χ1n) is 8.70. The van der Waals surface area contributed by atoms with E-state index >= 15 is 0 Å². The molecule has 0 aliphatic heterocycles. The Morgan fingerprint density at radius 3 is 2.52 bits per heavy atom. The summed E-state index contributed by atoms with van der Waals surface area (Å²) >= 11 is 1.36. The summed E-state index contributed by atoms with van der Waals surface area (Å²) in [5.74, 6) is 1.71. The van der Waals surface area contributed by atoms with Gasteiger partial charge < -0.3 is 14.6 Å². The minimum absolute atomic E-state index is 0.0970. The van der Waals surface area contributed by atoms with E-state index in [0.717, 1.165) is 22.8 Å². The molecule has 140 valence electrons. The minimum Gasteiger partial charge on any atom is -0.494 e. The molecule has 2 aromatic heterocycles. The topological polar surface area (TPSA) is 81.9 Å². The molecule has 1 N–H and O–H groups in total. The van der Waals surface area contributed by atoms with Gasteiger partial charge in [-0.25, -0.2) is 0 Å². The molecule has 0 aliphatic rings. The molecule has 0 bridgehead atoms. The van der Waals surface area contributed by atoms with Gasteiger partial charge in [0.1, 0.15) is 5.75 Å². The standard InChI is InChI=1S/C19H21N5O2S/c1-3-24-18(14-9-11-20-12-10-14)22-23-19(24)27-13-17(25)21-15-5-7-16(8-6-15)26-4-2/h5-12H,3-4,13H2,1-2H3,(H,21,25). The van der Waals surface area contributed by atoms with E-state index < -0.39 is 0 Å². The number of carbonyl (C=O) groups excluding carboxylic acids is 1. The number of hydrogen-bond acceptors (Lipinski definition) is 6. The molecule has 27 heavy (non-hydrogen) atoms. The Balaban J connectivity index is 1.61. The second-order valence-corrected chi connectivity index (χ2v) is 6.52. The maximum Gasteiger partial charge on any atom is 0.234 e. The third-order valence-electron chi connectivity index (χ3n) is 3.75. The van der Waals surface area contributed by atoms with Crippen LogP contribution in [0.4, 0.5) is 5.69 Å². The summed E-state index contributed by atoms with van der Waals surface area (Å²) in [5, 5.41) is 12.1. The fourth-order valence-corrected chi connectivity index (χ4v) is 3.33. The van der Waals surface area contributed by atoms with Crippen molar-refractivity contribution in [1.29, 1.82) is 0 Å². The van der Waals surface area contributed by atoms with Gasteiger partial charge in [-0.05, 0) is 50.2 Å². The predicted molar refractivity (Wildman–Crippen MR) is 106 cm³/mol. The average molecular weight is 383 g/mol. The Bertz CT molecular complexity index is 881. The highest BCUT2D eigenvalue weighted by Crippen LogP contribution is 2.24. The van der Waals surface area contributed by atoms with E-state index in [1.54, 1.807) is 12.4 Å². The molecule has 7 nitrogen and oxygen atoms in total. The number of anilines is 1. The fraction of sp³-hybridized carbons (Fsp3) is 0.263. The first-order valence-corrected chi connectivity index (χ1v) is 9.69. The van der Waals surface area contributed by atoms with Crippen molar-refractivity contribution in [1.82, 2.24) is 19.7 Å². The molecule has 0 saturated carbocycles. The molecular weight excluding hydrogens is 362 g/mol. The molecular formula is C19H21N5O2S. The van der Waals surface area contributed by atoms with E-state index in [1.807, 2.05) is 54.8 Å². The van der Waals surface area contributed by atoms with Crippen molar-refractivity contribution in [2.24, 2.45) is 0 Å². The van der Waals surface area contributed by atoms with E-state index in [-0.39, 0.29) is 11.7 Å². The summed E-state index contributed by atoms with van der Waals surface area (Å²) in [5.41, 5.74) is 1.68. The fourth-order valence-electron chi connectivity index (χ4n) is 2.52. The van der Waals surface area contributed by atoms with E-state index in [1.165, 1.54) is 11.8 Å². The van der Waals surface area contributed by atoms with Crippen LogP contribution in [0.3, 0.4) is 0 Å². The summed E-state index contributed by atoms with van der Waals surface area (Å²) in [6, 6.07) is 11.1. The molecule has 3 rings (SSSR count). The lowest BCUT2D eigenvalue weighted by molar-refractivity contribution is -0.113. The summed E-state index contributed by atoms with van der Waals surface area (Å²) < 4.78 is 7.39. The molecule has 1 aromatic carbocycles. The van der Waals surface area contributed by atoms with Gasteiger partial charge in [-0.15, -0.1) is 10.2 Å². The van der Waals surface area contributed by atoms with Crippen molar-refractivity contribution in [3.8, 4) is 17.1 Å². The Hall–Kier alpha value is -2.87. The van der Waals surface area contributed by atoms with Crippen molar-refractivity contribution >= 4 is 23.4 Å². The number of benzene rings is 1. The monoisotopic (exact) mass is 383 g/mol. The van der Waals surface area contributed by atoms with Gasteiger partial charge in [0, 0.05) is 30.2 Å². The smallest absolute Gasteiger partial charge is 0.234 e. The number of amides is 1. The summed E-state index contributed by atoms with van der Waals surface area (Å²) in [4.78, 5) is 16.3. The van der Waals surface area contributed by atoms with E-state index in [9.17, 15) is 4.79 Å². The predicted octanol–water partition coefficient (Wildman–Crippen LogP) is 3.49. The van der Waals surface area contributed by atoms with Gasteiger partial charge in [0.15, 0.2) is 11.0 Å². The zero-order valence-electron chi connectivity index (χ0n) is 15.3. The number of ether oxygens (including phenoxy) is 1. The second-order valence-electron chi connectivity index (χ2n) is 5.58. The number of rotatable bonds is 8. The van der Waals surface area contributed by atoms with Gasteiger partial charge >= 0.3 is 0 Å². The van der Waals surface area contributed by atoms with Crippen LogP contribution in [0.5, 0.6) is 5.75 Å². The molecule has 0 saturated heterocycles. The molecule has 0 aliphatic carbocycles. The molecule has 0 radical (unpaired) electrons. The number of pyridine rings is 1. The highest BCUT2D eigenvalue weighted by atomic mass is 32.2. The Kier molecular flexibility index (Phi) is 6.43. The lowest BCUT2D eigenvalue weighted by Gasteiger charge is -2.08. The molecule has 8 heteroatoms. The van der Waals surface area contributed by atoms with Crippen molar-refractivity contribution in [3.05, 3.63) is 48.8 Å². The quantitative estimate of drug-likeness (QED) is 0.600. The molecule has 0 atom stereocenters. The van der Waals surface area contributed by atoms with Gasteiger partial charge in [0.2, 0.25) is 5.91 Å². The van der Waals surface area contributed by atoms with Crippen LogP contribution in [0.1, 0.15) is 13.8 Å². The van der Waals surface area contributed by atoms with Crippen LogP contribution >= 0.6 is 11.8 Å². The minimum atomic E-state index is -0.0970. The van der Waals surface area contributed by atoms with Crippen LogP contribution in [0.2, 0.25) is 0 Å². The molecule has 0 fully saturated rings. The normalized spacial score (nSPS) is 10.6. The largest absolute Gasteiger partial charge is 0.494 e. The van der Waals surface area contributed by atoms with Gasteiger partial charge in [0.05, 0.1) is 12.4 Å². The zero-order chi connectivity index (χ0) is 19.1. The van der Waals surface area contributed by atoms with Crippen molar-refractivity contribution in [2.75, 3.05) is 17.7 Å². The third kappa shape index (κ3) is 4.85. The number of nitrogens with zero attached hydrogens (tertiary/aromatic N) is 4. The van der Waals surface area contributed by atoms with Gasteiger partial charge in [-0.3, -0.25) is 9.78 Å². The molecule has 2 heterocycles. The van der Waals surface area contributed by atoms with Crippen molar-refractivity contribution in [3.63, 3.8) is 0 Å². The van der Waals surface area contributed by atoms with Crippen molar-refractivity contribution in [2.45, 2.75) is 25.5 Å². The summed E-state index contributed by atoms with van der Waals surface area (Å²) in [6.45, 7) is 5.29. The highest BCUT2D eigenvalue weighted by molar-refractivity contribution is 7.99. The molecule has 3 aromatic rings. The second kappa shape index (κ2) is 9.18. The molecule has 0 spiro atoms. The summed E-state index contributed by atoms with van der Waals surface area (Å²) in [7, 11) is 0. The number of carbonyl (C=O) groups is 1. The zero-order valence-corrected chi connectivity index (χ0v) is 16.1. The maximum atomic E-state index is 12.2. The van der Waals surface area contributed by atoms with Crippen LogP contribution in [0, 0.1) is 0 Å². The van der Waals surface area contributed by atoms with Crippen LogP contribution in [0.25, 0.3) is 11.4 Å². The lowest BCUT2D eigenvalue weighted by Crippen LogP contribution is -2.14. The van der Waals surface area contributed by atoms with E-state index in [4.69, 9.17) is 4.74 Å². The number of thioether (sulfide) groups is 1. The lowest BCUT2D eigenvalue weighted by atomic mass is 10.2. The molecule has 1 amide bonds. The number of nitrogens with one attached hydrogen (secondary N) is 1. The Morgan fingerprint density at radius 2 is 1.85 bits per heavy atom. The SMILES string of the molecule is CCOc1ccc(NC(=O)CSc2nnc(-c3ccncc3)n2CC)cc1. The highest BCUT2D eigenvalue weighted by Gasteiger charge is 2.14. The van der Waals surface area contributed by atoms with E-state index in [2.05, 4.69) is 20.5 Å². The Morgan fingerprint density at radius 1 is 1.11 bits per heavy atom. The first-order chi connectivity index (χ1) is 13.2. The van der Waals surface area contributed by atoms with Crippen LogP contribution in [-0.4, -0.2) is 38.0 Å². The van der Waals surface area contributed by atoms with Crippen LogP contribution in [0.15, 0.2) is 53.9 Å². The van der Waals surface area contributed by atoms with Crippen molar-refractivity contribution < 1.29 is 9.53 Å². The average Bonchev–Trinajstić information content (AvgIpc) is 3.12. The van der Waals surface area contributed by atoms with Crippen LogP contribution in [-0.2, 0) is 11.3 Å². The summed E-state index contributed by atoms with van der Waals surface area (Å²) in [6.07, 6.45) is 3.45. The Labute approximate surface area is 162 Å². The van der Waals surface area contributed by atoms with Gasteiger partial charge in [-0.1, -0.05) is 11.8 Å². The number of aromatic nitrogens is 4. The first kappa shape index (κ1) is 18.9. The van der Waals surface area contributed by atoms with Crippen LogP contribution < -0.4 is 10.1 Å². The van der Waals surface area contributed by atoms with Gasteiger partial charge in [0.25, 0.3) is 0 Å². The maximum absolute atomic E-state index is 12.2. The third-order valence-corrected chi connectivity index (χ3v) is 4.72. The van der Waals surface area contributed by atoms with E-state index in [0.29, 0.717) is 18.3 Å². The molecule has 0 unspecified atom stereocenters. The number of hydrogen-bond donors (Lipinski definition) is 1. The van der Waals surface area contributed by atoms with Gasteiger partial charge in [-0.2, -0.15) is 0 Å².